The predicted octanol–water partition coefficient (Wildman–Crippen LogP) is 4.11. The van der Waals surface area contributed by atoms with Gasteiger partial charge in [0.2, 0.25) is 0 Å². The maximum atomic E-state index is 13.5. The summed E-state index contributed by atoms with van der Waals surface area (Å²) in [5.74, 6) is 0.720. The minimum atomic E-state index is -3.96. The molecule has 1 aliphatic rings. The molecule has 0 spiro atoms. The number of rotatable bonds is 6. The van der Waals surface area contributed by atoms with Crippen molar-refractivity contribution in [3.05, 3.63) is 102 Å². The normalized spacial score (nSPS) is 15.2. The molecule has 0 fully saturated rings. The highest BCUT2D eigenvalue weighted by Gasteiger charge is 2.37. The van der Waals surface area contributed by atoms with Crippen LogP contribution in [-0.2, 0) is 21.4 Å². The van der Waals surface area contributed by atoms with Gasteiger partial charge in [-0.1, -0.05) is 41.9 Å². The van der Waals surface area contributed by atoms with E-state index in [-0.39, 0.29) is 18.0 Å². The second-order valence-electron chi connectivity index (χ2n) is 8.26. The molecule has 184 valence electrons. The number of benzene rings is 3. The van der Waals surface area contributed by atoms with Crippen LogP contribution < -0.4 is 14.4 Å². The fraction of sp³-hybridized carbons (Fsp3) is 0.154. The van der Waals surface area contributed by atoms with Crippen molar-refractivity contribution in [1.29, 1.82) is 0 Å². The Morgan fingerprint density at radius 1 is 1.06 bits per heavy atom. The van der Waals surface area contributed by atoms with Gasteiger partial charge in [-0.15, -0.1) is 0 Å². The molecule has 1 N–H and O–H groups in total. The number of sulfonamides is 1. The van der Waals surface area contributed by atoms with Crippen LogP contribution in [0, 0.1) is 6.92 Å². The number of para-hydroxylation sites is 3. The van der Waals surface area contributed by atoms with Crippen LogP contribution in [0.5, 0.6) is 5.75 Å². The highest BCUT2D eigenvalue weighted by atomic mass is 35.5. The van der Waals surface area contributed by atoms with Gasteiger partial charge in [-0.25, -0.2) is 13.4 Å². The van der Waals surface area contributed by atoms with Crippen molar-refractivity contribution in [3.63, 3.8) is 0 Å². The molecule has 5 rings (SSSR count). The van der Waals surface area contributed by atoms with Crippen molar-refractivity contribution in [2.45, 2.75) is 24.5 Å². The lowest BCUT2D eigenvalue weighted by Crippen LogP contribution is -2.50. The topological polar surface area (TPSA) is 93.5 Å². The number of halogens is 1. The Morgan fingerprint density at radius 2 is 1.75 bits per heavy atom. The first-order valence-electron chi connectivity index (χ1n) is 11.2. The third-order valence-corrected chi connectivity index (χ3v) is 8.00. The zero-order valence-corrected chi connectivity index (χ0v) is 20.9. The molecule has 1 amide bonds. The van der Waals surface area contributed by atoms with Gasteiger partial charge < -0.3 is 14.6 Å². The van der Waals surface area contributed by atoms with Gasteiger partial charge in [-0.05, 0) is 55.0 Å². The number of anilines is 1. The van der Waals surface area contributed by atoms with E-state index in [0.717, 1.165) is 17.1 Å². The van der Waals surface area contributed by atoms with E-state index in [0.29, 0.717) is 16.5 Å². The number of carbonyl (C=O) groups excluding carboxylic acids is 1. The zero-order valence-electron chi connectivity index (χ0n) is 19.3. The summed E-state index contributed by atoms with van der Waals surface area (Å²) in [7, 11) is -3.96. The fourth-order valence-electron chi connectivity index (χ4n) is 4.12. The second-order valence-corrected chi connectivity index (χ2v) is 10.6. The first kappa shape index (κ1) is 23.9. The average molecular weight is 523 g/mol. The third-order valence-electron chi connectivity index (χ3n) is 5.96. The summed E-state index contributed by atoms with van der Waals surface area (Å²) in [6.07, 6.45) is 2.54. The standard InChI is InChI=1S/C26H23ClN4O4S/c1-18-28-14-15-30(18)22-7-3-2-6-19(22)16-29-26(32)25-17-31(23-8-4-5-9-24(23)35-25)36(33,34)21-12-10-20(27)11-13-21/h2-15,25H,16-17H2,1H3,(H,29,32). The van der Waals surface area contributed by atoms with Crippen LogP contribution in [0.15, 0.2) is 90.1 Å². The number of nitrogens with one attached hydrogen (secondary N) is 1. The zero-order chi connectivity index (χ0) is 25.3. The smallest absolute Gasteiger partial charge is 0.264 e. The molecular formula is C26H23ClN4O4S. The first-order valence-corrected chi connectivity index (χ1v) is 13.1. The van der Waals surface area contributed by atoms with Crippen LogP contribution >= 0.6 is 11.6 Å². The molecule has 0 aliphatic carbocycles. The molecular weight excluding hydrogens is 500 g/mol. The van der Waals surface area contributed by atoms with Crippen LogP contribution in [0.1, 0.15) is 11.4 Å². The number of aromatic nitrogens is 2. The Balaban J connectivity index is 1.39. The van der Waals surface area contributed by atoms with Gasteiger partial charge in [-0.3, -0.25) is 9.10 Å². The number of carbonyl (C=O) groups is 1. The highest BCUT2D eigenvalue weighted by molar-refractivity contribution is 7.92. The van der Waals surface area contributed by atoms with Gasteiger partial charge in [0.25, 0.3) is 15.9 Å². The van der Waals surface area contributed by atoms with Crippen LogP contribution in [0.3, 0.4) is 0 Å². The number of hydrogen-bond acceptors (Lipinski definition) is 5. The summed E-state index contributed by atoms with van der Waals surface area (Å²) in [6.45, 7) is 1.96. The number of amides is 1. The summed E-state index contributed by atoms with van der Waals surface area (Å²) in [5.41, 5.74) is 2.15. The molecule has 4 aromatic rings. The van der Waals surface area contributed by atoms with Gasteiger partial charge in [0.15, 0.2) is 6.10 Å². The molecule has 8 nitrogen and oxygen atoms in total. The van der Waals surface area contributed by atoms with Crippen molar-refractivity contribution in [3.8, 4) is 11.4 Å². The van der Waals surface area contributed by atoms with Crippen molar-refractivity contribution in [2.75, 3.05) is 10.8 Å². The van der Waals surface area contributed by atoms with Crippen molar-refractivity contribution < 1.29 is 17.9 Å². The lowest BCUT2D eigenvalue weighted by atomic mass is 10.1. The van der Waals surface area contributed by atoms with E-state index in [1.54, 1.807) is 30.5 Å². The molecule has 10 heteroatoms. The van der Waals surface area contributed by atoms with Crippen molar-refractivity contribution in [1.82, 2.24) is 14.9 Å². The Labute approximate surface area is 214 Å². The molecule has 0 bridgehead atoms. The van der Waals surface area contributed by atoms with Crippen LogP contribution in [0.2, 0.25) is 5.02 Å². The average Bonchev–Trinajstić information content (AvgIpc) is 3.32. The molecule has 0 saturated carbocycles. The Bertz CT molecular complexity index is 1520. The molecule has 0 radical (unpaired) electrons. The molecule has 1 aliphatic heterocycles. The summed E-state index contributed by atoms with van der Waals surface area (Å²) < 4.78 is 36.1. The maximum Gasteiger partial charge on any atom is 0.264 e. The molecule has 1 atom stereocenters. The van der Waals surface area contributed by atoms with Crippen LogP contribution in [0.4, 0.5) is 5.69 Å². The predicted molar refractivity (Wildman–Crippen MR) is 137 cm³/mol. The van der Waals surface area contributed by atoms with Gasteiger partial charge in [0, 0.05) is 24.0 Å². The summed E-state index contributed by atoms with van der Waals surface area (Å²) in [4.78, 5) is 17.6. The fourth-order valence-corrected chi connectivity index (χ4v) is 5.73. The van der Waals surface area contributed by atoms with E-state index >= 15 is 0 Å². The molecule has 1 aromatic heterocycles. The number of hydrogen-bond donors (Lipinski definition) is 1. The van der Waals surface area contributed by atoms with E-state index in [2.05, 4.69) is 10.3 Å². The van der Waals surface area contributed by atoms with Crippen LogP contribution in [0.25, 0.3) is 5.69 Å². The molecule has 1 unspecified atom stereocenters. The van der Waals surface area contributed by atoms with Crippen molar-refractivity contribution in [2.24, 2.45) is 0 Å². The van der Waals surface area contributed by atoms with E-state index in [1.165, 1.54) is 28.6 Å². The number of imidazole rings is 1. The number of ether oxygens (including phenoxy) is 1. The summed E-state index contributed by atoms with van der Waals surface area (Å²) in [6, 6.07) is 20.4. The molecule has 2 heterocycles. The Morgan fingerprint density at radius 3 is 2.47 bits per heavy atom. The maximum absolute atomic E-state index is 13.5. The molecule has 0 saturated heterocycles. The quantitative estimate of drug-likeness (QED) is 0.411. The van der Waals surface area contributed by atoms with E-state index < -0.39 is 22.0 Å². The Kier molecular flexibility index (Phi) is 6.42. The van der Waals surface area contributed by atoms with Gasteiger partial charge in [0.1, 0.15) is 11.6 Å². The Hall–Kier alpha value is -3.82. The number of aryl methyl sites for hydroxylation is 1. The van der Waals surface area contributed by atoms with Gasteiger partial charge in [0.05, 0.1) is 22.8 Å². The highest BCUT2D eigenvalue weighted by Crippen LogP contribution is 2.37. The van der Waals surface area contributed by atoms with E-state index in [4.69, 9.17) is 16.3 Å². The lowest BCUT2D eigenvalue weighted by Gasteiger charge is -2.34. The number of fused-ring (bicyclic) bond motifs is 1. The largest absolute Gasteiger partial charge is 0.476 e. The lowest BCUT2D eigenvalue weighted by molar-refractivity contribution is -0.127. The molecule has 36 heavy (non-hydrogen) atoms. The van der Waals surface area contributed by atoms with Crippen molar-refractivity contribution >= 4 is 33.2 Å². The third kappa shape index (κ3) is 4.55. The van der Waals surface area contributed by atoms with Gasteiger partial charge >= 0.3 is 0 Å². The van der Waals surface area contributed by atoms with E-state index in [1.807, 2.05) is 42.0 Å². The minimum Gasteiger partial charge on any atom is -0.476 e. The van der Waals surface area contributed by atoms with Gasteiger partial charge in [-0.2, -0.15) is 0 Å². The van der Waals surface area contributed by atoms with Crippen LogP contribution in [-0.4, -0.2) is 36.5 Å². The summed E-state index contributed by atoms with van der Waals surface area (Å²) >= 11 is 5.94. The molecule has 3 aromatic carbocycles. The monoisotopic (exact) mass is 522 g/mol. The minimum absolute atomic E-state index is 0.0763. The SMILES string of the molecule is Cc1nccn1-c1ccccc1CNC(=O)C1CN(S(=O)(=O)c2ccc(Cl)cc2)c2ccccc2O1. The summed E-state index contributed by atoms with van der Waals surface area (Å²) in [5, 5.41) is 3.33. The number of nitrogens with zero attached hydrogens (tertiary/aromatic N) is 3. The second kappa shape index (κ2) is 9.67. The first-order chi connectivity index (χ1) is 17.3. The van der Waals surface area contributed by atoms with E-state index in [9.17, 15) is 13.2 Å².